The molecule has 1 atom stereocenters. The van der Waals surface area contributed by atoms with Gasteiger partial charge in [0.15, 0.2) is 11.5 Å². The minimum atomic E-state index is -0.615. The molecule has 5 rings (SSSR count). The van der Waals surface area contributed by atoms with Crippen LogP contribution in [-0.4, -0.2) is 24.5 Å². The molecule has 4 aromatic rings. The minimum Gasteiger partial charge on any atom is -0.493 e. The molecule has 1 aliphatic rings. The molecule has 2 heterocycles. The van der Waals surface area contributed by atoms with Gasteiger partial charge in [0.2, 0.25) is 5.91 Å². The van der Waals surface area contributed by atoms with Crippen LogP contribution in [0.1, 0.15) is 24.5 Å². The number of amides is 1. The first-order chi connectivity index (χ1) is 16.4. The first kappa shape index (κ1) is 22.0. The van der Waals surface area contributed by atoms with Crippen molar-refractivity contribution in [2.75, 3.05) is 19.0 Å². The maximum absolute atomic E-state index is 13.7. The molecule has 0 bridgehead atoms. The summed E-state index contributed by atoms with van der Waals surface area (Å²) in [5.41, 5.74) is 3.17. The quantitative estimate of drug-likeness (QED) is 0.356. The zero-order valence-corrected chi connectivity index (χ0v) is 19.1. The molecule has 0 saturated heterocycles. The zero-order chi connectivity index (χ0) is 23.7. The Kier molecular flexibility index (Phi) is 5.71. The SMILES string of the molecule is COc1cc2c(cc1Oc1cccc(F)c1)[C@@](C)(CC(=O)Nc1cccc3[nH]ccc13)NCC2. The van der Waals surface area contributed by atoms with Crippen LogP contribution in [0.2, 0.25) is 0 Å². The molecule has 0 radical (unpaired) electrons. The summed E-state index contributed by atoms with van der Waals surface area (Å²) < 4.78 is 25.2. The van der Waals surface area contributed by atoms with Crippen LogP contribution in [0.4, 0.5) is 10.1 Å². The lowest BCUT2D eigenvalue weighted by Gasteiger charge is -2.37. The Balaban J connectivity index is 1.44. The summed E-state index contributed by atoms with van der Waals surface area (Å²) in [7, 11) is 1.58. The average Bonchev–Trinajstić information content (AvgIpc) is 3.29. The van der Waals surface area contributed by atoms with Crippen molar-refractivity contribution >= 4 is 22.5 Å². The number of carbonyl (C=O) groups excluding carboxylic acids is 1. The van der Waals surface area contributed by atoms with Gasteiger partial charge in [0.1, 0.15) is 11.6 Å². The topological polar surface area (TPSA) is 75.4 Å². The zero-order valence-electron chi connectivity index (χ0n) is 19.1. The first-order valence-electron chi connectivity index (χ1n) is 11.2. The van der Waals surface area contributed by atoms with Crippen LogP contribution in [0.3, 0.4) is 0 Å². The van der Waals surface area contributed by atoms with Crippen LogP contribution >= 0.6 is 0 Å². The summed E-state index contributed by atoms with van der Waals surface area (Å²) in [6.07, 6.45) is 2.88. The van der Waals surface area contributed by atoms with Gasteiger partial charge >= 0.3 is 0 Å². The van der Waals surface area contributed by atoms with Gasteiger partial charge in [0, 0.05) is 41.7 Å². The van der Waals surface area contributed by atoms with Gasteiger partial charge < -0.3 is 25.1 Å². The molecular weight excluding hydrogens is 433 g/mol. The van der Waals surface area contributed by atoms with E-state index < -0.39 is 5.54 Å². The molecule has 3 N–H and O–H groups in total. The number of halogens is 1. The molecule has 1 amide bonds. The smallest absolute Gasteiger partial charge is 0.226 e. The number of aromatic amines is 1. The monoisotopic (exact) mass is 459 g/mol. The second-order valence-electron chi connectivity index (χ2n) is 8.70. The van der Waals surface area contributed by atoms with Gasteiger partial charge in [-0.25, -0.2) is 4.39 Å². The molecule has 0 saturated carbocycles. The fourth-order valence-electron chi connectivity index (χ4n) is 4.66. The predicted octanol–water partition coefficient (Wildman–Crippen LogP) is 5.50. The van der Waals surface area contributed by atoms with Crippen LogP contribution in [0.25, 0.3) is 10.9 Å². The Labute approximate surface area is 197 Å². The third-order valence-corrected chi connectivity index (χ3v) is 6.30. The van der Waals surface area contributed by atoms with Gasteiger partial charge in [-0.3, -0.25) is 4.79 Å². The molecule has 174 valence electrons. The van der Waals surface area contributed by atoms with Crippen LogP contribution in [-0.2, 0) is 16.8 Å². The van der Waals surface area contributed by atoms with E-state index in [2.05, 4.69) is 15.6 Å². The number of ether oxygens (including phenoxy) is 2. The number of fused-ring (bicyclic) bond motifs is 2. The molecule has 34 heavy (non-hydrogen) atoms. The van der Waals surface area contributed by atoms with Gasteiger partial charge in [-0.1, -0.05) is 12.1 Å². The maximum atomic E-state index is 13.7. The molecule has 6 nitrogen and oxygen atoms in total. The first-order valence-corrected chi connectivity index (χ1v) is 11.2. The van der Waals surface area contributed by atoms with Crippen LogP contribution < -0.4 is 20.1 Å². The van der Waals surface area contributed by atoms with E-state index in [1.54, 1.807) is 19.2 Å². The van der Waals surface area contributed by atoms with Crippen LogP contribution in [0.15, 0.2) is 66.9 Å². The molecule has 1 aromatic heterocycles. The van der Waals surface area contributed by atoms with Gasteiger partial charge in [0.25, 0.3) is 0 Å². The van der Waals surface area contributed by atoms with Crippen molar-refractivity contribution < 1.29 is 18.7 Å². The number of nitrogens with one attached hydrogen (secondary N) is 3. The Hall–Kier alpha value is -3.84. The van der Waals surface area contributed by atoms with E-state index in [4.69, 9.17) is 9.47 Å². The summed E-state index contributed by atoms with van der Waals surface area (Å²) in [6, 6.07) is 17.5. The molecule has 0 spiro atoms. The normalized spacial score (nSPS) is 17.3. The number of hydrogen-bond acceptors (Lipinski definition) is 4. The Morgan fingerprint density at radius 3 is 2.79 bits per heavy atom. The second-order valence-corrected chi connectivity index (χ2v) is 8.70. The minimum absolute atomic E-state index is 0.0973. The average molecular weight is 460 g/mol. The van der Waals surface area contributed by atoms with Crippen molar-refractivity contribution in [1.29, 1.82) is 0 Å². The van der Waals surface area contributed by atoms with E-state index >= 15 is 0 Å². The molecule has 7 heteroatoms. The van der Waals surface area contributed by atoms with Crippen molar-refractivity contribution in [3.8, 4) is 17.2 Å². The molecule has 1 aliphatic heterocycles. The Bertz CT molecular complexity index is 1370. The van der Waals surface area contributed by atoms with Crippen molar-refractivity contribution in [3.63, 3.8) is 0 Å². The van der Waals surface area contributed by atoms with Crippen molar-refractivity contribution in [2.24, 2.45) is 0 Å². The molecule has 0 fully saturated rings. The van der Waals surface area contributed by atoms with Crippen molar-refractivity contribution in [3.05, 3.63) is 83.8 Å². The number of H-pyrrole nitrogens is 1. The van der Waals surface area contributed by atoms with Gasteiger partial charge in [-0.05, 0) is 66.9 Å². The predicted molar refractivity (Wildman–Crippen MR) is 130 cm³/mol. The van der Waals surface area contributed by atoms with E-state index in [1.807, 2.05) is 49.5 Å². The highest BCUT2D eigenvalue weighted by molar-refractivity contribution is 6.01. The van der Waals surface area contributed by atoms with E-state index in [0.717, 1.165) is 40.7 Å². The number of aromatic nitrogens is 1. The highest BCUT2D eigenvalue weighted by Gasteiger charge is 2.35. The lowest BCUT2D eigenvalue weighted by Crippen LogP contribution is -2.47. The lowest BCUT2D eigenvalue weighted by atomic mass is 9.81. The molecule has 3 aromatic carbocycles. The highest BCUT2D eigenvalue weighted by atomic mass is 19.1. The van der Waals surface area contributed by atoms with Gasteiger partial charge in [-0.2, -0.15) is 0 Å². The number of hydrogen-bond donors (Lipinski definition) is 3. The highest BCUT2D eigenvalue weighted by Crippen LogP contribution is 2.41. The summed E-state index contributed by atoms with van der Waals surface area (Å²) in [6.45, 7) is 2.75. The Morgan fingerprint density at radius 2 is 1.97 bits per heavy atom. The summed E-state index contributed by atoms with van der Waals surface area (Å²) >= 11 is 0. The van der Waals surface area contributed by atoms with Crippen LogP contribution in [0, 0.1) is 5.82 Å². The maximum Gasteiger partial charge on any atom is 0.226 e. The molecular formula is C27H26FN3O3. The fourth-order valence-corrected chi connectivity index (χ4v) is 4.66. The fraction of sp³-hybridized carbons (Fsp3) is 0.222. The van der Waals surface area contributed by atoms with Gasteiger partial charge in [0.05, 0.1) is 12.8 Å². The second kappa shape index (κ2) is 8.83. The standard InChI is InChI=1S/C27H26FN3O3/c1-27(16-26(32)31-23-8-4-7-22-20(23)10-11-29-22)21-15-25(34-19-6-3-5-18(28)14-19)24(33-2)13-17(21)9-12-30-27/h3-8,10-11,13-15,29-30H,9,12,16H2,1-2H3,(H,31,32)/t27-/m1/s1. The Morgan fingerprint density at radius 1 is 1.12 bits per heavy atom. The van der Waals surface area contributed by atoms with Crippen molar-refractivity contribution in [2.45, 2.75) is 25.3 Å². The third-order valence-electron chi connectivity index (χ3n) is 6.30. The van der Waals surface area contributed by atoms with Crippen LogP contribution in [0.5, 0.6) is 17.2 Å². The van der Waals surface area contributed by atoms with E-state index in [-0.39, 0.29) is 18.1 Å². The number of rotatable bonds is 6. The third kappa shape index (κ3) is 4.22. The number of carbonyl (C=O) groups is 1. The number of methoxy groups -OCH3 is 1. The van der Waals surface area contributed by atoms with E-state index in [0.29, 0.717) is 17.2 Å². The van der Waals surface area contributed by atoms with E-state index in [9.17, 15) is 9.18 Å². The number of benzene rings is 3. The summed E-state index contributed by atoms with van der Waals surface area (Å²) in [4.78, 5) is 16.3. The van der Waals surface area contributed by atoms with E-state index in [1.165, 1.54) is 12.1 Å². The molecule has 0 unspecified atom stereocenters. The number of anilines is 1. The molecule has 0 aliphatic carbocycles. The lowest BCUT2D eigenvalue weighted by molar-refractivity contribution is -0.117. The van der Waals surface area contributed by atoms with Crippen molar-refractivity contribution in [1.82, 2.24) is 10.3 Å². The largest absolute Gasteiger partial charge is 0.493 e. The van der Waals surface area contributed by atoms with Gasteiger partial charge in [-0.15, -0.1) is 0 Å². The summed E-state index contributed by atoms with van der Waals surface area (Å²) in [5, 5.41) is 7.54. The summed E-state index contributed by atoms with van der Waals surface area (Å²) in [5.74, 6) is 0.936.